The lowest BCUT2D eigenvalue weighted by Gasteiger charge is -2.20. The zero-order chi connectivity index (χ0) is 29.5. The number of hydrogen-bond donors (Lipinski definition) is 1. The van der Waals surface area contributed by atoms with Crippen LogP contribution in [0.1, 0.15) is 106 Å². The summed E-state index contributed by atoms with van der Waals surface area (Å²) in [6.07, 6.45) is 2.25. The van der Waals surface area contributed by atoms with Gasteiger partial charge in [0.15, 0.2) is 6.73 Å². The predicted molar refractivity (Wildman–Crippen MR) is 193 cm³/mol. The van der Waals surface area contributed by atoms with E-state index in [1.54, 1.807) is 12.1 Å². The Balaban J connectivity index is -0.000000204. The number of quaternary nitrogens is 1. The SMILES string of the molecule is C.C.C.C.CCC(C)c1ccc(S(=O)(=O)NCOc2ccc(C)cc2)cc1.CCC(C)c1ccccc1.CC[N+](C)(C)C.[Cl-]. The highest BCUT2D eigenvalue weighted by atomic mass is 35.5. The molecular weight excluding hydrogens is 588 g/mol. The van der Waals surface area contributed by atoms with Crippen molar-refractivity contribution in [2.75, 3.05) is 34.4 Å². The topological polar surface area (TPSA) is 55.4 Å². The molecule has 0 aliphatic rings. The van der Waals surface area contributed by atoms with Crippen molar-refractivity contribution in [2.45, 2.75) is 101 Å². The Labute approximate surface area is 280 Å². The van der Waals surface area contributed by atoms with E-state index in [1.807, 2.05) is 43.3 Å². The van der Waals surface area contributed by atoms with Crippen LogP contribution in [0.15, 0.2) is 83.8 Å². The van der Waals surface area contributed by atoms with Crippen LogP contribution in [-0.2, 0) is 10.0 Å². The smallest absolute Gasteiger partial charge is 0.243 e. The molecule has 0 bridgehead atoms. The molecule has 0 spiro atoms. The molecule has 256 valence electrons. The Hall–Kier alpha value is -2.38. The third kappa shape index (κ3) is 20.6. The first kappa shape index (κ1) is 51.2. The minimum atomic E-state index is -3.56. The van der Waals surface area contributed by atoms with Crippen molar-refractivity contribution < 1.29 is 30.0 Å². The fraction of sp³-hybridized carbons (Fsp3) is 0.514. The summed E-state index contributed by atoms with van der Waals surface area (Å²) in [5, 5.41) is 0. The number of ether oxygens (including phenoxy) is 1. The highest BCUT2D eigenvalue weighted by Crippen LogP contribution is 2.20. The van der Waals surface area contributed by atoms with Gasteiger partial charge in [-0.05, 0) is 73.9 Å². The van der Waals surface area contributed by atoms with Crippen LogP contribution in [0.25, 0.3) is 0 Å². The molecule has 1 N–H and O–H groups in total. The summed E-state index contributed by atoms with van der Waals surface area (Å²) < 4.78 is 33.4. The summed E-state index contributed by atoms with van der Waals surface area (Å²) >= 11 is 0. The van der Waals surface area contributed by atoms with Gasteiger partial charge in [-0.3, -0.25) is 0 Å². The number of hydrogen-bond acceptors (Lipinski definition) is 3. The Morgan fingerprint density at radius 2 is 1.11 bits per heavy atom. The van der Waals surface area contributed by atoms with Crippen molar-refractivity contribution >= 4 is 10.0 Å². The van der Waals surface area contributed by atoms with Crippen molar-refractivity contribution in [3.63, 3.8) is 0 Å². The van der Waals surface area contributed by atoms with Crippen LogP contribution in [0.5, 0.6) is 5.75 Å². The van der Waals surface area contributed by atoms with Crippen LogP contribution in [-0.4, -0.2) is 47.3 Å². The fourth-order valence-corrected chi connectivity index (χ4v) is 4.01. The highest BCUT2D eigenvalue weighted by molar-refractivity contribution is 7.89. The summed E-state index contributed by atoms with van der Waals surface area (Å²) in [6, 6.07) is 25.1. The number of nitrogens with zero attached hydrogens (tertiary/aromatic N) is 1. The molecular formula is C37H67ClN2O3S. The normalized spacial score (nSPS) is 11.3. The molecule has 2 atom stereocenters. The minimum Gasteiger partial charge on any atom is -1.00 e. The number of rotatable bonds is 10. The quantitative estimate of drug-likeness (QED) is 0.185. The molecule has 0 aliphatic carbocycles. The van der Waals surface area contributed by atoms with E-state index in [2.05, 4.69) is 90.8 Å². The van der Waals surface area contributed by atoms with E-state index in [4.69, 9.17) is 4.74 Å². The molecule has 0 saturated carbocycles. The standard InChI is InChI=1S/C18H23NO3S.C10H14.C5H14N.4CH4.ClH/c1-4-15(3)16-7-11-18(12-8-16)23(20,21)19-13-22-17-9-5-14(2)6-10-17;1-3-9(2)10-7-5-4-6-8-10;1-5-6(2,3)4;;;;;/h5-12,15,19H,4,13H2,1-3H3;4-9H,3H2,1-2H3;5H2,1-4H3;4*1H4;1H/q;;+1;;;;;/p-1. The van der Waals surface area contributed by atoms with E-state index in [1.165, 1.54) is 18.5 Å². The maximum absolute atomic E-state index is 12.2. The minimum absolute atomic E-state index is 0. The van der Waals surface area contributed by atoms with Crippen LogP contribution >= 0.6 is 0 Å². The van der Waals surface area contributed by atoms with Gasteiger partial charge in [-0.2, -0.15) is 4.72 Å². The summed E-state index contributed by atoms with van der Waals surface area (Å²) in [5.41, 5.74) is 3.71. The van der Waals surface area contributed by atoms with Gasteiger partial charge >= 0.3 is 0 Å². The average Bonchev–Trinajstić information content (AvgIpc) is 2.94. The molecule has 0 saturated heterocycles. The third-order valence-corrected chi connectivity index (χ3v) is 8.20. The molecule has 0 radical (unpaired) electrons. The largest absolute Gasteiger partial charge is 1.00 e. The predicted octanol–water partition coefficient (Wildman–Crippen LogP) is 7.28. The van der Waals surface area contributed by atoms with Crippen molar-refractivity contribution in [1.82, 2.24) is 4.72 Å². The van der Waals surface area contributed by atoms with E-state index in [9.17, 15) is 8.42 Å². The third-order valence-electron chi connectivity index (χ3n) is 6.81. The lowest BCUT2D eigenvalue weighted by atomic mass is 9.99. The lowest BCUT2D eigenvalue weighted by Crippen LogP contribution is -3.00. The first-order chi connectivity index (χ1) is 18.3. The summed E-state index contributed by atoms with van der Waals surface area (Å²) in [6.45, 7) is 14.0. The molecule has 2 unspecified atom stereocenters. The van der Waals surface area contributed by atoms with Crippen LogP contribution in [0, 0.1) is 6.92 Å². The molecule has 0 amide bonds. The molecule has 0 aliphatic heterocycles. The van der Waals surface area contributed by atoms with Crippen molar-refractivity contribution in [1.29, 1.82) is 0 Å². The van der Waals surface area contributed by atoms with Gasteiger partial charge in [-0.15, -0.1) is 0 Å². The molecule has 7 heteroatoms. The molecule has 5 nitrogen and oxygen atoms in total. The number of nitrogens with one attached hydrogen (secondary N) is 1. The molecule has 44 heavy (non-hydrogen) atoms. The lowest BCUT2D eigenvalue weighted by molar-refractivity contribution is -0.868. The maximum atomic E-state index is 12.2. The first-order valence-electron chi connectivity index (χ1n) is 14.0. The van der Waals surface area contributed by atoms with Gasteiger partial charge in [-0.1, -0.05) is 118 Å². The van der Waals surface area contributed by atoms with Crippen molar-refractivity contribution in [3.8, 4) is 5.75 Å². The molecule has 0 fully saturated rings. The van der Waals surface area contributed by atoms with Crippen molar-refractivity contribution in [3.05, 3.63) is 95.6 Å². The zero-order valence-electron chi connectivity index (χ0n) is 25.9. The van der Waals surface area contributed by atoms with Gasteiger partial charge < -0.3 is 21.6 Å². The monoisotopic (exact) mass is 654 g/mol. The van der Waals surface area contributed by atoms with Gasteiger partial charge in [0.2, 0.25) is 10.0 Å². The summed E-state index contributed by atoms with van der Waals surface area (Å²) in [7, 11) is 2.98. The van der Waals surface area contributed by atoms with Gasteiger partial charge in [0, 0.05) is 0 Å². The Morgan fingerprint density at radius 3 is 1.50 bits per heavy atom. The van der Waals surface area contributed by atoms with Gasteiger partial charge in [-0.25, -0.2) is 8.42 Å². The van der Waals surface area contributed by atoms with E-state index in [0.717, 1.165) is 22.0 Å². The molecule has 3 aromatic carbocycles. The number of halogens is 1. The van der Waals surface area contributed by atoms with Gasteiger partial charge in [0.05, 0.1) is 32.6 Å². The van der Waals surface area contributed by atoms with E-state index >= 15 is 0 Å². The number of sulfonamides is 1. The molecule has 3 rings (SSSR count). The maximum Gasteiger partial charge on any atom is 0.243 e. The van der Waals surface area contributed by atoms with E-state index < -0.39 is 10.0 Å². The first-order valence-corrected chi connectivity index (χ1v) is 15.5. The number of benzene rings is 3. The van der Waals surface area contributed by atoms with Crippen LogP contribution < -0.4 is 21.9 Å². The fourth-order valence-electron chi connectivity index (χ4n) is 3.14. The average molecular weight is 655 g/mol. The van der Waals surface area contributed by atoms with Gasteiger partial charge in [0.25, 0.3) is 0 Å². The van der Waals surface area contributed by atoms with E-state index in [-0.39, 0.29) is 53.7 Å². The zero-order valence-corrected chi connectivity index (χ0v) is 27.5. The van der Waals surface area contributed by atoms with E-state index in [0.29, 0.717) is 17.6 Å². The Kier molecular flexibility index (Phi) is 30.1. The Bertz CT molecular complexity index is 1160. The molecule has 3 aromatic rings. The second-order valence-electron chi connectivity index (χ2n) is 11.0. The van der Waals surface area contributed by atoms with Crippen LogP contribution in [0.3, 0.4) is 0 Å². The number of aryl methyl sites for hydroxylation is 1. The molecule has 0 aromatic heterocycles. The summed E-state index contributed by atoms with van der Waals surface area (Å²) in [5.74, 6) is 1.76. The molecule has 0 heterocycles. The van der Waals surface area contributed by atoms with Crippen LogP contribution in [0.2, 0.25) is 0 Å². The summed E-state index contributed by atoms with van der Waals surface area (Å²) in [4.78, 5) is 0.247. The van der Waals surface area contributed by atoms with Crippen LogP contribution in [0.4, 0.5) is 0 Å². The Morgan fingerprint density at radius 1 is 0.705 bits per heavy atom. The highest BCUT2D eigenvalue weighted by Gasteiger charge is 2.14. The van der Waals surface area contributed by atoms with Gasteiger partial charge in [0.1, 0.15) is 5.75 Å². The second-order valence-corrected chi connectivity index (χ2v) is 12.7. The second kappa shape index (κ2) is 25.9. The van der Waals surface area contributed by atoms with Crippen molar-refractivity contribution in [2.24, 2.45) is 0 Å².